The number of aromatic nitrogens is 2. The number of ether oxygens (including phenoxy) is 1. The predicted octanol–water partition coefficient (Wildman–Crippen LogP) is 7.88. The molecular weight excluding hydrogens is 538 g/mol. The van der Waals surface area contributed by atoms with E-state index >= 15 is 0 Å². The SMILES string of the molecule is Cc1ccc(OC(=O)N2CCC(Cc3ccccc3NC(=O)Nc3cc(C(C)(C)C)nn3-c3ccc(C)cc3)CC2)cc1. The maximum absolute atomic E-state index is 13.3. The number of rotatable bonds is 6. The molecule has 0 atom stereocenters. The molecule has 2 heterocycles. The third kappa shape index (κ3) is 7.63. The second-order valence-electron chi connectivity index (χ2n) is 12.5. The number of carbonyl (C=O) groups is 2. The van der Waals surface area contributed by atoms with Crippen LogP contribution < -0.4 is 15.4 Å². The molecule has 1 saturated heterocycles. The molecule has 0 bridgehead atoms. The van der Waals surface area contributed by atoms with Crippen LogP contribution in [-0.2, 0) is 11.8 Å². The number of anilines is 2. The zero-order chi connectivity index (χ0) is 30.6. The highest BCUT2D eigenvalue weighted by Crippen LogP contribution is 2.28. The van der Waals surface area contributed by atoms with Crippen LogP contribution in [0.4, 0.5) is 21.1 Å². The Kier molecular flexibility index (Phi) is 8.85. The van der Waals surface area contributed by atoms with Crippen molar-refractivity contribution in [2.75, 3.05) is 23.7 Å². The van der Waals surface area contributed by atoms with Crippen LogP contribution in [0.2, 0.25) is 0 Å². The summed E-state index contributed by atoms with van der Waals surface area (Å²) in [6.07, 6.45) is 2.25. The molecule has 0 aliphatic carbocycles. The number of para-hydroxylation sites is 1. The summed E-state index contributed by atoms with van der Waals surface area (Å²) in [7, 11) is 0. The summed E-state index contributed by atoms with van der Waals surface area (Å²) in [5, 5.41) is 10.9. The van der Waals surface area contributed by atoms with Crippen molar-refractivity contribution in [2.24, 2.45) is 5.92 Å². The van der Waals surface area contributed by atoms with Gasteiger partial charge in [0.1, 0.15) is 11.6 Å². The molecule has 1 aliphatic rings. The van der Waals surface area contributed by atoms with E-state index in [1.54, 1.807) is 9.58 Å². The van der Waals surface area contributed by atoms with Crippen molar-refractivity contribution < 1.29 is 14.3 Å². The Morgan fingerprint density at radius 2 is 1.51 bits per heavy atom. The number of hydrogen-bond acceptors (Lipinski definition) is 4. The number of benzene rings is 3. The van der Waals surface area contributed by atoms with E-state index in [-0.39, 0.29) is 17.5 Å². The second kappa shape index (κ2) is 12.7. The maximum atomic E-state index is 13.3. The largest absolute Gasteiger partial charge is 0.415 e. The molecule has 4 aromatic rings. The van der Waals surface area contributed by atoms with E-state index in [4.69, 9.17) is 9.84 Å². The molecule has 1 fully saturated rings. The number of aryl methyl sites for hydroxylation is 2. The molecule has 224 valence electrons. The lowest BCUT2D eigenvalue weighted by Gasteiger charge is -2.31. The number of amides is 3. The third-order valence-corrected chi connectivity index (χ3v) is 7.87. The molecule has 5 rings (SSSR count). The molecule has 43 heavy (non-hydrogen) atoms. The molecule has 0 saturated carbocycles. The Morgan fingerprint density at radius 1 is 0.884 bits per heavy atom. The van der Waals surface area contributed by atoms with Crippen molar-refractivity contribution in [1.82, 2.24) is 14.7 Å². The fourth-order valence-electron chi connectivity index (χ4n) is 5.21. The first-order valence-corrected chi connectivity index (χ1v) is 14.9. The smallest absolute Gasteiger partial charge is 0.410 e. The number of piperidine rings is 1. The van der Waals surface area contributed by atoms with Gasteiger partial charge in [0.2, 0.25) is 0 Å². The molecule has 0 radical (unpaired) electrons. The van der Waals surface area contributed by atoms with Gasteiger partial charge in [-0.3, -0.25) is 5.32 Å². The monoisotopic (exact) mass is 579 g/mol. The molecule has 1 aromatic heterocycles. The minimum Gasteiger partial charge on any atom is -0.410 e. The van der Waals surface area contributed by atoms with Gasteiger partial charge in [-0.25, -0.2) is 14.3 Å². The normalized spacial score (nSPS) is 13.9. The number of urea groups is 1. The average molecular weight is 580 g/mol. The molecule has 3 amide bonds. The molecule has 0 spiro atoms. The molecule has 2 N–H and O–H groups in total. The van der Waals surface area contributed by atoms with Crippen molar-refractivity contribution in [2.45, 2.75) is 59.3 Å². The summed E-state index contributed by atoms with van der Waals surface area (Å²) in [6.45, 7) is 11.6. The highest BCUT2D eigenvalue weighted by molar-refractivity contribution is 6.00. The fraction of sp³-hybridized carbons (Fsp3) is 0.343. The van der Waals surface area contributed by atoms with E-state index in [9.17, 15) is 9.59 Å². The number of nitrogens with zero attached hydrogens (tertiary/aromatic N) is 3. The Hall–Kier alpha value is -4.59. The molecule has 1 aliphatic heterocycles. The van der Waals surface area contributed by atoms with Crippen LogP contribution in [-0.4, -0.2) is 39.9 Å². The zero-order valence-electron chi connectivity index (χ0n) is 25.7. The topological polar surface area (TPSA) is 88.5 Å². The van der Waals surface area contributed by atoms with Crippen LogP contribution in [0.3, 0.4) is 0 Å². The average Bonchev–Trinajstić information content (AvgIpc) is 3.40. The minimum absolute atomic E-state index is 0.178. The summed E-state index contributed by atoms with van der Waals surface area (Å²) >= 11 is 0. The second-order valence-corrected chi connectivity index (χ2v) is 12.5. The number of carbonyl (C=O) groups excluding carboxylic acids is 2. The van der Waals surface area contributed by atoms with Crippen LogP contribution >= 0.6 is 0 Å². The Balaban J connectivity index is 1.21. The lowest BCUT2D eigenvalue weighted by Crippen LogP contribution is -2.40. The zero-order valence-corrected chi connectivity index (χ0v) is 25.7. The van der Waals surface area contributed by atoms with Gasteiger partial charge in [0.15, 0.2) is 0 Å². The van der Waals surface area contributed by atoms with Gasteiger partial charge in [-0.05, 0) is 74.9 Å². The molecule has 8 nitrogen and oxygen atoms in total. The number of likely N-dealkylation sites (tertiary alicyclic amines) is 1. The van der Waals surface area contributed by atoms with Gasteiger partial charge in [-0.1, -0.05) is 74.4 Å². The van der Waals surface area contributed by atoms with E-state index in [1.165, 1.54) is 0 Å². The highest BCUT2D eigenvalue weighted by atomic mass is 16.6. The molecule has 0 unspecified atom stereocenters. The van der Waals surface area contributed by atoms with Crippen molar-refractivity contribution in [3.05, 3.63) is 101 Å². The van der Waals surface area contributed by atoms with Crippen LogP contribution in [0.25, 0.3) is 5.69 Å². The quantitative estimate of drug-likeness (QED) is 0.243. The van der Waals surface area contributed by atoms with Gasteiger partial charge in [0.05, 0.1) is 11.4 Å². The van der Waals surface area contributed by atoms with Crippen molar-refractivity contribution >= 4 is 23.6 Å². The van der Waals surface area contributed by atoms with E-state index in [0.29, 0.717) is 30.6 Å². The Labute approximate surface area is 254 Å². The third-order valence-electron chi connectivity index (χ3n) is 7.87. The Morgan fingerprint density at radius 3 is 2.16 bits per heavy atom. The summed E-state index contributed by atoms with van der Waals surface area (Å²) < 4.78 is 7.34. The van der Waals surface area contributed by atoms with Gasteiger partial charge in [-0.2, -0.15) is 5.10 Å². The van der Waals surface area contributed by atoms with E-state index < -0.39 is 0 Å². The lowest BCUT2D eigenvalue weighted by molar-refractivity contribution is 0.131. The molecular formula is C35H41N5O3. The lowest BCUT2D eigenvalue weighted by atomic mass is 9.89. The van der Waals surface area contributed by atoms with Crippen LogP contribution in [0, 0.1) is 19.8 Å². The first-order valence-electron chi connectivity index (χ1n) is 14.9. The van der Waals surface area contributed by atoms with Gasteiger partial charge >= 0.3 is 12.1 Å². The van der Waals surface area contributed by atoms with Gasteiger partial charge < -0.3 is 15.0 Å². The van der Waals surface area contributed by atoms with Gasteiger partial charge in [-0.15, -0.1) is 0 Å². The highest BCUT2D eigenvalue weighted by Gasteiger charge is 2.26. The van der Waals surface area contributed by atoms with Gasteiger partial charge in [0, 0.05) is 30.3 Å². The predicted molar refractivity (Wildman–Crippen MR) is 171 cm³/mol. The van der Waals surface area contributed by atoms with Crippen LogP contribution in [0.5, 0.6) is 5.75 Å². The number of hydrogen-bond donors (Lipinski definition) is 2. The first kappa shape index (κ1) is 29.9. The van der Waals surface area contributed by atoms with Gasteiger partial charge in [0.25, 0.3) is 0 Å². The maximum Gasteiger partial charge on any atom is 0.415 e. The number of nitrogens with one attached hydrogen (secondary N) is 2. The van der Waals surface area contributed by atoms with Crippen LogP contribution in [0.15, 0.2) is 78.9 Å². The standard InChI is InChI=1S/C35H41N5O3/c1-24-10-14-28(15-11-24)40-32(23-31(38-40)35(3,4)5)37-33(41)36-30-9-7-6-8-27(30)22-26-18-20-39(21-19-26)34(42)43-29-16-12-25(2)13-17-29/h6-17,23,26H,18-22H2,1-5H3,(H2,36,37,41). The Bertz CT molecular complexity index is 1560. The summed E-state index contributed by atoms with van der Waals surface area (Å²) in [6, 6.07) is 25.1. The van der Waals surface area contributed by atoms with Crippen LogP contribution in [0.1, 0.15) is 56.0 Å². The summed E-state index contributed by atoms with van der Waals surface area (Å²) in [5.41, 5.74) is 5.71. The molecule has 8 heteroatoms. The van der Waals surface area contributed by atoms with E-state index in [0.717, 1.165) is 53.0 Å². The minimum atomic E-state index is -0.324. The first-order chi connectivity index (χ1) is 20.5. The molecule has 3 aromatic carbocycles. The van der Waals surface area contributed by atoms with Crippen molar-refractivity contribution in [3.8, 4) is 11.4 Å². The fourth-order valence-corrected chi connectivity index (χ4v) is 5.21. The van der Waals surface area contributed by atoms with E-state index in [2.05, 4.69) is 37.5 Å². The van der Waals surface area contributed by atoms with Crippen molar-refractivity contribution in [1.29, 1.82) is 0 Å². The summed E-state index contributed by atoms with van der Waals surface area (Å²) in [4.78, 5) is 27.7. The summed E-state index contributed by atoms with van der Waals surface area (Å²) in [5.74, 6) is 1.56. The van der Waals surface area contributed by atoms with Crippen molar-refractivity contribution in [3.63, 3.8) is 0 Å². The van der Waals surface area contributed by atoms with E-state index in [1.807, 2.05) is 86.6 Å².